The van der Waals surface area contributed by atoms with Gasteiger partial charge in [-0.2, -0.15) is 0 Å². The third-order valence-corrected chi connectivity index (χ3v) is 4.02. The van der Waals surface area contributed by atoms with Gasteiger partial charge in [-0.3, -0.25) is 9.59 Å². The minimum Gasteiger partial charge on any atom is -0.493 e. The van der Waals surface area contributed by atoms with Crippen molar-refractivity contribution in [2.24, 2.45) is 0 Å². The maximum Gasteiger partial charge on any atom is 0.251 e. The lowest BCUT2D eigenvalue weighted by Gasteiger charge is -2.24. The van der Waals surface area contributed by atoms with E-state index in [0.717, 1.165) is 12.0 Å². The van der Waals surface area contributed by atoms with Crippen LogP contribution in [0.4, 0.5) is 0 Å². The van der Waals surface area contributed by atoms with Gasteiger partial charge in [-0.05, 0) is 32.4 Å². The molecule has 1 aliphatic rings. The lowest BCUT2D eigenvalue weighted by atomic mass is 10.00. The van der Waals surface area contributed by atoms with E-state index in [4.69, 9.17) is 9.47 Å². The highest BCUT2D eigenvalue weighted by molar-refractivity contribution is 5.96. The summed E-state index contributed by atoms with van der Waals surface area (Å²) in [5.74, 6) is 0.974. The van der Waals surface area contributed by atoms with Gasteiger partial charge in [0.05, 0.1) is 19.8 Å². The molecule has 2 amide bonds. The van der Waals surface area contributed by atoms with Crippen molar-refractivity contribution < 1.29 is 19.1 Å². The summed E-state index contributed by atoms with van der Waals surface area (Å²) >= 11 is 0. The second-order valence-electron chi connectivity index (χ2n) is 5.77. The number of amides is 2. The predicted molar refractivity (Wildman–Crippen MR) is 82.4 cm³/mol. The van der Waals surface area contributed by atoms with Crippen molar-refractivity contribution in [3.05, 3.63) is 23.3 Å². The van der Waals surface area contributed by atoms with Gasteiger partial charge in [-0.25, -0.2) is 0 Å². The molecule has 2 rings (SSSR count). The van der Waals surface area contributed by atoms with Crippen LogP contribution in [0.3, 0.4) is 0 Å². The molecule has 0 radical (unpaired) electrons. The molecule has 1 heterocycles. The first-order chi connectivity index (χ1) is 10.4. The van der Waals surface area contributed by atoms with Gasteiger partial charge < -0.3 is 20.1 Å². The van der Waals surface area contributed by atoms with E-state index < -0.39 is 0 Å². The van der Waals surface area contributed by atoms with Crippen LogP contribution in [-0.2, 0) is 4.79 Å². The number of hydrogen-bond acceptors (Lipinski definition) is 4. The number of hydrogen-bond donors (Lipinski definition) is 2. The van der Waals surface area contributed by atoms with Crippen LogP contribution >= 0.6 is 0 Å². The molecule has 1 atom stereocenters. The van der Waals surface area contributed by atoms with Crippen molar-refractivity contribution in [1.82, 2.24) is 10.6 Å². The summed E-state index contributed by atoms with van der Waals surface area (Å²) < 4.78 is 10.5. The molecule has 0 aliphatic carbocycles. The number of benzene rings is 1. The summed E-state index contributed by atoms with van der Waals surface area (Å²) in [6.45, 7) is 4.14. The van der Waals surface area contributed by atoms with E-state index in [1.54, 1.807) is 26.4 Å². The molecule has 0 saturated carbocycles. The van der Waals surface area contributed by atoms with Crippen molar-refractivity contribution in [3.63, 3.8) is 0 Å². The smallest absolute Gasteiger partial charge is 0.251 e. The Morgan fingerprint density at radius 1 is 1.36 bits per heavy atom. The molecule has 22 heavy (non-hydrogen) atoms. The molecule has 1 aliphatic heterocycles. The highest BCUT2D eigenvalue weighted by atomic mass is 16.5. The standard InChI is InChI=1S/C16H22N2O4/c1-10-11(5-6-12(21-3)14(10)22-4)15(20)17-9-16(2)8-7-13(19)18-16/h5-6H,7-9H2,1-4H3,(H,17,20)(H,18,19). The van der Waals surface area contributed by atoms with Gasteiger partial charge in [-0.1, -0.05) is 0 Å². The molecule has 1 saturated heterocycles. The van der Waals surface area contributed by atoms with Gasteiger partial charge in [0.15, 0.2) is 11.5 Å². The predicted octanol–water partition coefficient (Wildman–Crippen LogP) is 1.41. The van der Waals surface area contributed by atoms with Crippen LogP contribution in [-0.4, -0.2) is 38.1 Å². The third kappa shape index (κ3) is 3.16. The molecule has 2 N–H and O–H groups in total. The zero-order chi connectivity index (χ0) is 16.3. The minimum absolute atomic E-state index is 0.0269. The largest absolute Gasteiger partial charge is 0.493 e. The van der Waals surface area contributed by atoms with E-state index >= 15 is 0 Å². The van der Waals surface area contributed by atoms with Crippen molar-refractivity contribution >= 4 is 11.8 Å². The molecule has 1 aromatic carbocycles. The summed E-state index contributed by atoms with van der Waals surface area (Å²) in [4.78, 5) is 23.7. The van der Waals surface area contributed by atoms with Crippen LogP contribution in [0.5, 0.6) is 11.5 Å². The Morgan fingerprint density at radius 3 is 2.64 bits per heavy atom. The molecule has 1 unspecified atom stereocenters. The maximum absolute atomic E-state index is 12.4. The molecular formula is C16H22N2O4. The van der Waals surface area contributed by atoms with E-state index in [2.05, 4.69) is 10.6 Å². The lowest BCUT2D eigenvalue weighted by Crippen LogP contribution is -2.48. The molecule has 1 fully saturated rings. The highest BCUT2D eigenvalue weighted by Gasteiger charge is 2.33. The van der Waals surface area contributed by atoms with Gasteiger partial charge in [0.25, 0.3) is 5.91 Å². The number of nitrogens with one attached hydrogen (secondary N) is 2. The Morgan fingerprint density at radius 2 is 2.09 bits per heavy atom. The topological polar surface area (TPSA) is 76.7 Å². The Labute approximate surface area is 130 Å². The zero-order valence-corrected chi connectivity index (χ0v) is 13.4. The van der Waals surface area contributed by atoms with Crippen LogP contribution in [0, 0.1) is 6.92 Å². The third-order valence-electron chi connectivity index (χ3n) is 4.02. The Bertz CT molecular complexity index is 600. The molecule has 0 bridgehead atoms. The zero-order valence-electron chi connectivity index (χ0n) is 13.4. The number of rotatable bonds is 5. The maximum atomic E-state index is 12.4. The summed E-state index contributed by atoms with van der Waals surface area (Å²) in [6.07, 6.45) is 1.22. The number of methoxy groups -OCH3 is 2. The first kappa shape index (κ1) is 16.1. The first-order valence-electron chi connectivity index (χ1n) is 7.21. The second kappa shape index (κ2) is 6.25. The SMILES string of the molecule is COc1ccc(C(=O)NCC2(C)CCC(=O)N2)c(C)c1OC. The van der Waals surface area contributed by atoms with E-state index in [1.807, 2.05) is 13.8 Å². The average Bonchev–Trinajstić information content (AvgIpc) is 2.84. The van der Waals surface area contributed by atoms with Gasteiger partial charge in [0, 0.05) is 24.1 Å². The Kier molecular flexibility index (Phi) is 4.59. The van der Waals surface area contributed by atoms with E-state index in [9.17, 15) is 9.59 Å². The van der Waals surface area contributed by atoms with Gasteiger partial charge in [0.2, 0.25) is 5.91 Å². The summed E-state index contributed by atoms with van der Waals surface area (Å²) in [5, 5.41) is 5.78. The fraction of sp³-hybridized carbons (Fsp3) is 0.500. The van der Waals surface area contributed by atoms with Crippen LogP contribution in [0.25, 0.3) is 0 Å². The summed E-state index contributed by atoms with van der Waals surface area (Å²) in [6, 6.07) is 3.42. The van der Waals surface area contributed by atoms with Gasteiger partial charge in [-0.15, -0.1) is 0 Å². The Hall–Kier alpha value is -2.24. The lowest BCUT2D eigenvalue weighted by molar-refractivity contribution is -0.119. The first-order valence-corrected chi connectivity index (χ1v) is 7.21. The van der Waals surface area contributed by atoms with Crippen LogP contribution < -0.4 is 20.1 Å². The second-order valence-corrected chi connectivity index (χ2v) is 5.77. The molecule has 6 heteroatoms. The van der Waals surface area contributed by atoms with Gasteiger partial charge >= 0.3 is 0 Å². The van der Waals surface area contributed by atoms with E-state index in [1.165, 1.54) is 0 Å². The van der Waals surface area contributed by atoms with Crippen molar-refractivity contribution in [2.45, 2.75) is 32.2 Å². The van der Waals surface area contributed by atoms with Crippen LogP contribution in [0.2, 0.25) is 0 Å². The molecule has 120 valence electrons. The van der Waals surface area contributed by atoms with Crippen molar-refractivity contribution in [2.75, 3.05) is 20.8 Å². The summed E-state index contributed by atoms with van der Waals surface area (Å²) in [5.41, 5.74) is 0.877. The van der Waals surface area contributed by atoms with Crippen LogP contribution in [0.1, 0.15) is 35.7 Å². The fourth-order valence-corrected chi connectivity index (χ4v) is 2.68. The van der Waals surface area contributed by atoms with Crippen molar-refractivity contribution in [1.29, 1.82) is 0 Å². The minimum atomic E-state index is -0.378. The molecule has 6 nitrogen and oxygen atoms in total. The van der Waals surface area contributed by atoms with Crippen molar-refractivity contribution in [3.8, 4) is 11.5 Å². The molecular weight excluding hydrogens is 284 g/mol. The monoisotopic (exact) mass is 306 g/mol. The quantitative estimate of drug-likeness (QED) is 0.862. The number of carbonyl (C=O) groups is 2. The number of ether oxygens (including phenoxy) is 2. The average molecular weight is 306 g/mol. The van der Waals surface area contributed by atoms with E-state index in [0.29, 0.717) is 30.0 Å². The molecule has 0 aromatic heterocycles. The van der Waals surface area contributed by atoms with E-state index in [-0.39, 0.29) is 17.4 Å². The normalized spacial score (nSPS) is 20.5. The summed E-state index contributed by atoms with van der Waals surface area (Å²) in [7, 11) is 3.10. The van der Waals surface area contributed by atoms with Gasteiger partial charge in [0.1, 0.15) is 0 Å². The fourth-order valence-electron chi connectivity index (χ4n) is 2.68. The molecule has 0 spiro atoms. The Balaban J connectivity index is 2.11. The molecule has 1 aromatic rings. The highest BCUT2D eigenvalue weighted by Crippen LogP contribution is 2.32. The van der Waals surface area contributed by atoms with Crippen LogP contribution in [0.15, 0.2) is 12.1 Å². The number of carbonyl (C=O) groups excluding carboxylic acids is 2.